The Morgan fingerprint density at radius 3 is 2.60 bits per heavy atom. The first-order valence-corrected chi connectivity index (χ1v) is 3.59. The van der Waals surface area contributed by atoms with Crippen LogP contribution in [0.15, 0.2) is 0 Å². The van der Waals surface area contributed by atoms with Crippen LogP contribution in [0.3, 0.4) is 0 Å². The van der Waals surface area contributed by atoms with Crippen molar-refractivity contribution >= 4 is 0 Å². The first-order valence-electron chi connectivity index (χ1n) is 3.59. The molecule has 1 heterocycles. The molecular weight excluding hydrogens is 130 g/mol. The predicted octanol–water partition coefficient (Wildman–Crippen LogP) is 0.0917. The summed E-state index contributed by atoms with van der Waals surface area (Å²) in [5.74, 6) is 0. The molecule has 0 bridgehead atoms. The molecule has 2 atom stereocenters. The third-order valence-electron chi connectivity index (χ3n) is 1.66. The Hall–Kier alpha value is -0.120. The highest BCUT2D eigenvalue weighted by molar-refractivity contribution is 4.85. The molecule has 1 saturated heterocycles. The Kier molecular flexibility index (Phi) is 1.99. The first kappa shape index (κ1) is 7.98. The topological polar surface area (TPSA) is 41.5 Å². The van der Waals surface area contributed by atoms with Crippen LogP contribution in [-0.2, 0) is 4.74 Å². The summed E-state index contributed by atoms with van der Waals surface area (Å²) in [6.45, 7) is 6.58. The summed E-state index contributed by atoms with van der Waals surface area (Å²) in [7, 11) is 0. The van der Waals surface area contributed by atoms with Crippen molar-refractivity contribution in [3.05, 3.63) is 0 Å². The molecule has 0 spiro atoms. The molecule has 0 aromatic heterocycles. The molecule has 1 rings (SSSR count). The maximum atomic E-state index is 9.13. The van der Waals surface area contributed by atoms with Gasteiger partial charge in [0.15, 0.2) is 6.29 Å². The lowest BCUT2D eigenvalue weighted by molar-refractivity contribution is -0.161. The Morgan fingerprint density at radius 2 is 2.20 bits per heavy atom. The van der Waals surface area contributed by atoms with E-state index in [9.17, 15) is 0 Å². The molecule has 1 fully saturated rings. The van der Waals surface area contributed by atoms with Gasteiger partial charge in [-0.2, -0.15) is 0 Å². The molecular formula is C7H15NO2. The molecule has 0 aliphatic carbocycles. The highest BCUT2D eigenvalue weighted by Crippen LogP contribution is 2.13. The van der Waals surface area contributed by atoms with Crippen molar-refractivity contribution in [2.24, 2.45) is 0 Å². The van der Waals surface area contributed by atoms with E-state index in [4.69, 9.17) is 9.84 Å². The fourth-order valence-electron chi connectivity index (χ4n) is 1.17. The van der Waals surface area contributed by atoms with E-state index >= 15 is 0 Å². The van der Waals surface area contributed by atoms with Crippen LogP contribution < -0.4 is 5.32 Å². The van der Waals surface area contributed by atoms with Gasteiger partial charge in [0, 0.05) is 5.54 Å². The molecule has 10 heavy (non-hydrogen) atoms. The second-order valence-corrected chi connectivity index (χ2v) is 3.52. The van der Waals surface area contributed by atoms with Gasteiger partial charge in [-0.25, -0.2) is 0 Å². The van der Waals surface area contributed by atoms with Crippen molar-refractivity contribution in [3.63, 3.8) is 0 Å². The Balaban J connectivity index is 2.49. The number of ether oxygens (including phenoxy) is 1. The Labute approximate surface area is 61.4 Å². The number of hydrogen-bond donors (Lipinski definition) is 2. The first-order chi connectivity index (χ1) is 4.51. The minimum Gasteiger partial charge on any atom is -0.367 e. The number of nitrogens with one attached hydrogen (secondary N) is 1. The van der Waals surface area contributed by atoms with Crippen molar-refractivity contribution in [2.75, 3.05) is 6.61 Å². The van der Waals surface area contributed by atoms with E-state index < -0.39 is 6.29 Å². The predicted molar refractivity (Wildman–Crippen MR) is 38.6 cm³/mol. The van der Waals surface area contributed by atoms with Gasteiger partial charge in [0.05, 0.1) is 12.6 Å². The lowest BCUT2D eigenvalue weighted by atomic mass is 10.0. The minimum absolute atomic E-state index is 0.00134. The molecule has 3 heteroatoms. The highest BCUT2D eigenvalue weighted by Gasteiger charge is 2.30. The minimum atomic E-state index is -0.645. The van der Waals surface area contributed by atoms with E-state index in [-0.39, 0.29) is 11.6 Å². The van der Waals surface area contributed by atoms with E-state index in [1.54, 1.807) is 0 Å². The van der Waals surface area contributed by atoms with Gasteiger partial charge in [0.2, 0.25) is 0 Å². The Morgan fingerprint density at radius 1 is 1.60 bits per heavy atom. The second-order valence-electron chi connectivity index (χ2n) is 3.52. The van der Waals surface area contributed by atoms with Crippen LogP contribution in [0.2, 0.25) is 0 Å². The van der Waals surface area contributed by atoms with E-state index in [1.807, 2.05) is 6.92 Å². The average Bonchev–Trinajstić information content (AvgIpc) is 1.79. The standard InChI is InChI=1S/C7H15NO2/c1-5-6(9)10-4-7(2,3)8-5/h5-6,8-9H,4H2,1-3H3/t5-,6?/m0/s1. The number of aliphatic hydroxyl groups excluding tert-OH is 1. The largest absolute Gasteiger partial charge is 0.367 e. The van der Waals surface area contributed by atoms with Crippen molar-refractivity contribution < 1.29 is 9.84 Å². The van der Waals surface area contributed by atoms with E-state index in [2.05, 4.69) is 19.2 Å². The van der Waals surface area contributed by atoms with Gasteiger partial charge < -0.3 is 15.2 Å². The van der Waals surface area contributed by atoms with Gasteiger partial charge in [-0.05, 0) is 20.8 Å². The SMILES string of the molecule is C[C@@H]1NC(C)(C)COC1O. The quantitative estimate of drug-likeness (QED) is 0.507. The van der Waals surface area contributed by atoms with E-state index in [0.29, 0.717) is 6.61 Å². The number of morpholine rings is 1. The van der Waals surface area contributed by atoms with Crippen LogP contribution in [0.1, 0.15) is 20.8 Å². The molecule has 1 aliphatic rings. The van der Waals surface area contributed by atoms with Gasteiger partial charge >= 0.3 is 0 Å². The monoisotopic (exact) mass is 145 g/mol. The van der Waals surface area contributed by atoms with Crippen LogP contribution >= 0.6 is 0 Å². The smallest absolute Gasteiger partial charge is 0.169 e. The van der Waals surface area contributed by atoms with Crippen molar-refractivity contribution in [1.29, 1.82) is 0 Å². The van der Waals surface area contributed by atoms with E-state index in [0.717, 1.165) is 0 Å². The summed E-state index contributed by atoms with van der Waals surface area (Å²) < 4.78 is 5.10. The maximum absolute atomic E-state index is 9.13. The Bertz CT molecular complexity index is 125. The molecule has 2 N–H and O–H groups in total. The van der Waals surface area contributed by atoms with Crippen molar-refractivity contribution in [1.82, 2.24) is 5.32 Å². The third-order valence-corrected chi connectivity index (χ3v) is 1.66. The summed E-state index contributed by atoms with van der Waals surface area (Å²) >= 11 is 0. The number of hydrogen-bond acceptors (Lipinski definition) is 3. The zero-order valence-electron chi connectivity index (χ0n) is 6.72. The fraction of sp³-hybridized carbons (Fsp3) is 1.00. The lowest BCUT2D eigenvalue weighted by Crippen LogP contribution is -2.58. The van der Waals surface area contributed by atoms with Crippen LogP contribution in [-0.4, -0.2) is 29.6 Å². The zero-order chi connectivity index (χ0) is 7.78. The molecule has 0 aromatic rings. The normalized spacial score (nSPS) is 39.6. The van der Waals surface area contributed by atoms with Gasteiger partial charge in [-0.1, -0.05) is 0 Å². The van der Waals surface area contributed by atoms with Gasteiger partial charge in [0.25, 0.3) is 0 Å². The molecule has 3 nitrogen and oxygen atoms in total. The van der Waals surface area contributed by atoms with Gasteiger partial charge in [-0.15, -0.1) is 0 Å². The molecule has 60 valence electrons. The second kappa shape index (κ2) is 2.49. The summed E-state index contributed by atoms with van der Waals surface area (Å²) in [5, 5.41) is 12.4. The van der Waals surface area contributed by atoms with Crippen LogP contribution in [0.5, 0.6) is 0 Å². The lowest BCUT2D eigenvalue weighted by Gasteiger charge is -2.38. The van der Waals surface area contributed by atoms with E-state index in [1.165, 1.54) is 0 Å². The molecule has 1 unspecified atom stereocenters. The summed E-state index contributed by atoms with van der Waals surface area (Å²) in [4.78, 5) is 0. The fourth-order valence-corrected chi connectivity index (χ4v) is 1.17. The number of rotatable bonds is 0. The molecule has 0 radical (unpaired) electrons. The maximum Gasteiger partial charge on any atom is 0.169 e. The summed E-state index contributed by atoms with van der Waals surface area (Å²) in [6, 6.07) is 0.0312. The van der Waals surface area contributed by atoms with Crippen molar-refractivity contribution in [2.45, 2.75) is 38.6 Å². The summed E-state index contributed by atoms with van der Waals surface area (Å²) in [5.41, 5.74) is -0.00134. The van der Waals surface area contributed by atoms with Gasteiger partial charge in [0.1, 0.15) is 0 Å². The van der Waals surface area contributed by atoms with Crippen LogP contribution in [0.4, 0.5) is 0 Å². The molecule has 0 saturated carbocycles. The molecule has 0 amide bonds. The third kappa shape index (κ3) is 1.68. The molecule has 0 aromatic carbocycles. The number of aliphatic hydroxyl groups is 1. The van der Waals surface area contributed by atoms with Crippen LogP contribution in [0.25, 0.3) is 0 Å². The highest BCUT2D eigenvalue weighted by atomic mass is 16.6. The zero-order valence-corrected chi connectivity index (χ0v) is 6.72. The van der Waals surface area contributed by atoms with Gasteiger partial charge in [-0.3, -0.25) is 0 Å². The molecule has 1 aliphatic heterocycles. The average molecular weight is 145 g/mol. The van der Waals surface area contributed by atoms with Crippen molar-refractivity contribution in [3.8, 4) is 0 Å². The summed E-state index contributed by atoms with van der Waals surface area (Å²) in [6.07, 6.45) is -0.645. The van der Waals surface area contributed by atoms with Crippen LogP contribution in [0, 0.1) is 0 Å².